The molecule has 5 heteroatoms. The molecule has 0 spiro atoms. The molecule has 3 aromatic carbocycles. The molecule has 1 heterocycles. The summed E-state index contributed by atoms with van der Waals surface area (Å²) in [6.45, 7) is 6.00. The zero-order valence-corrected chi connectivity index (χ0v) is 17.3. The van der Waals surface area contributed by atoms with Gasteiger partial charge < -0.3 is 14.6 Å². The first kappa shape index (κ1) is 19.7. The molecule has 0 aliphatic carbocycles. The van der Waals surface area contributed by atoms with Crippen LogP contribution in [0.15, 0.2) is 71.3 Å². The van der Waals surface area contributed by atoms with Crippen LogP contribution >= 0.6 is 0 Å². The Labute approximate surface area is 175 Å². The number of hydrogen-bond donors (Lipinski definition) is 1. The van der Waals surface area contributed by atoms with Crippen molar-refractivity contribution in [1.29, 1.82) is 0 Å². The van der Waals surface area contributed by atoms with E-state index in [0.717, 1.165) is 28.0 Å². The summed E-state index contributed by atoms with van der Waals surface area (Å²) in [5, 5.41) is 9.36. The van der Waals surface area contributed by atoms with Crippen molar-refractivity contribution in [3.8, 4) is 5.75 Å². The quantitative estimate of drug-likeness (QED) is 0.463. The topological polar surface area (TPSA) is 64.4 Å². The van der Waals surface area contributed by atoms with Crippen LogP contribution < -0.4 is 10.1 Å². The molecule has 1 N–H and O–H groups in total. The average molecular weight is 400 g/mol. The fourth-order valence-electron chi connectivity index (χ4n) is 3.47. The lowest BCUT2D eigenvalue weighted by Crippen LogP contribution is -2.27. The van der Waals surface area contributed by atoms with Crippen molar-refractivity contribution in [3.63, 3.8) is 0 Å². The van der Waals surface area contributed by atoms with Crippen molar-refractivity contribution in [1.82, 2.24) is 10.5 Å². The van der Waals surface area contributed by atoms with Crippen molar-refractivity contribution >= 4 is 16.7 Å². The first-order valence-corrected chi connectivity index (χ1v) is 9.96. The molecule has 152 valence electrons. The van der Waals surface area contributed by atoms with Crippen molar-refractivity contribution in [2.24, 2.45) is 0 Å². The predicted molar refractivity (Wildman–Crippen MR) is 117 cm³/mol. The monoisotopic (exact) mass is 400 g/mol. The molecule has 0 bridgehead atoms. The zero-order valence-electron chi connectivity index (χ0n) is 17.3. The van der Waals surface area contributed by atoms with Crippen molar-refractivity contribution in [3.05, 3.63) is 94.9 Å². The summed E-state index contributed by atoms with van der Waals surface area (Å²) in [4.78, 5) is 13.0. The number of hydrogen-bond acceptors (Lipinski definition) is 4. The van der Waals surface area contributed by atoms with Crippen LogP contribution in [0.3, 0.4) is 0 Å². The third-order valence-corrected chi connectivity index (χ3v) is 5.31. The molecule has 1 aromatic heterocycles. The Kier molecular flexibility index (Phi) is 5.53. The summed E-state index contributed by atoms with van der Waals surface area (Å²) in [6, 6.07) is 21.5. The maximum absolute atomic E-state index is 13.0. The Hall–Kier alpha value is -3.60. The largest absolute Gasteiger partial charge is 0.488 e. The Balaban J connectivity index is 1.50. The van der Waals surface area contributed by atoms with Crippen LogP contribution in [0.2, 0.25) is 0 Å². The maximum atomic E-state index is 13.0. The molecule has 0 fully saturated rings. The van der Waals surface area contributed by atoms with E-state index in [2.05, 4.69) is 34.7 Å². The van der Waals surface area contributed by atoms with E-state index in [1.54, 1.807) is 12.1 Å². The van der Waals surface area contributed by atoms with Gasteiger partial charge in [0.15, 0.2) is 0 Å². The molecule has 0 saturated carbocycles. The van der Waals surface area contributed by atoms with Crippen LogP contribution in [0.1, 0.15) is 45.9 Å². The van der Waals surface area contributed by atoms with E-state index in [9.17, 15) is 4.79 Å². The number of aryl methyl sites for hydroxylation is 2. The van der Waals surface area contributed by atoms with Crippen LogP contribution in [-0.2, 0) is 6.61 Å². The second-order valence-corrected chi connectivity index (χ2v) is 7.39. The van der Waals surface area contributed by atoms with Gasteiger partial charge in [-0.3, -0.25) is 4.79 Å². The van der Waals surface area contributed by atoms with Crippen LogP contribution in [0.5, 0.6) is 5.75 Å². The zero-order chi connectivity index (χ0) is 21.1. The lowest BCUT2D eigenvalue weighted by Gasteiger charge is -2.17. The number of fused-ring (bicyclic) bond motifs is 1. The normalized spacial score (nSPS) is 12.0. The van der Waals surface area contributed by atoms with Crippen molar-refractivity contribution in [2.75, 3.05) is 0 Å². The lowest BCUT2D eigenvalue weighted by molar-refractivity contribution is 0.0935. The Morgan fingerprint density at radius 3 is 2.53 bits per heavy atom. The third-order valence-electron chi connectivity index (χ3n) is 5.31. The summed E-state index contributed by atoms with van der Waals surface area (Å²) in [6.07, 6.45) is 0. The fraction of sp³-hybridized carbons (Fsp3) is 0.200. The van der Waals surface area contributed by atoms with Gasteiger partial charge in [0.05, 0.1) is 22.9 Å². The highest BCUT2D eigenvalue weighted by molar-refractivity contribution is 5.97. The lowest BCUT2D eigenvalue weighted by atomic mass is 10.0. The number of aromatic nitrogens is 1. The molecule has 30 heavy (non-hydrogen) atoms. The molecule has 0 aliphatic heterocycles. The summed E-state index contributed by atoms with van der Waals surface area (Å²) in [7, 11) is 0. The van der Waals surface area contributed by atoms with Crippen molar-refractivity contribution in [2.45, 2.75) is 33.4 Å². The summed E-state index contributed by atoms with van der Waals surface area (Å²) >= 11 is 0. The number of benzene rings is 3. The minimum Gasteiger partial charge on any atom is -0.488 e. The molecule has 1 atom stereocenters. The number of carbonyl (C=O) groups is 1. The molecular weight excluding hydrogens is 376 g/mol. The maximum Gasteiger partial charge on any atom is 0.255 e. The standard InChI is InChI=1S/C25H24N2O3/c1-16(20-13-12-19-8-4-5-9-21(19)14-20)26-25(28)22-10-6-7-11-24(22)29-15-23-17(2)27-30-18(23)3/h4-14,16H,15H2,1-3H3,(H,26,28). The highest BCUT2D eigenvalue weighted by Gasteiger charge is 2.17. The SMILES string of the molecule is Cc1noc(C)c1COc1ccccc1C(=O)NC(C)c1ccc2ccccc2c1. The summed E-state index contributed by atoms with van der Waals surface area (Å²) in [5.74, 6) is 1.07. The highest BCUT2D eigenvalue weighted by atomic mass is 16.5. The number of rotatable bonds is 6. The van der Waals surface area contributed by atoms with Gasteiger partial charge in [-0.05, 0) is 55.3 Å². The summed E-state index contributed by atoms with van der Waals surface area (Å²) in [5.41, 5.74) is 3.24. The van der Waals surface area contributed by atoms with Crippen LogP contribution in [0.25, 0.3) is 10.8 Å². The number of carbonyl (C=O) groups excluding carboxylic acids is 1. The molecule has 0 radical (unpaired) electrons. The molecule has 0 aliphatic rings. The molecule has 4 aromatic rings. The van der Waals surface area contributed by atoms with Gasteiger partial charge in [-0.1, -0.05) is 53.7 Å². The molecule has 0 saturated heterocycles. The van der Waals surface area contributed by atoms with Gasteiger partial charge in [0.2, 0.25) is 0 Å². The van der Waals surface area contributed by atoms with Crippen LogP contribution in [0.4, 0.5) is 0 Å². The molecular formula is C25H24N2O3. The first-order chi connectivity index (χ1) is 14.5. The van der Waals surface area contributed by atoms with E-state index in [1.165, 1.54) is 5.39 Å². The van der Waals surface area contributed by atoms with E-state index >= 15 is 0 Å². The molecule has 5 nitrogen and oxygen atoms in total. The first-order valence-electron chi connectivity index (χ1n) is 9.96. The van der Waals surface area contributed by atoms with Gasteiger partial charge >= 0.3 is 0 Å². The Bertz CT molecular complexity index is 1180. The Morgan fingerprint density at radius 1 is 1.03 bits per heavy atom. The number of ether oxygens (including phenoxy) is 1. The molecule has 4 rings (SSSR count). The van der Waals surface area contributed by atoms with E-state index in [4.69, 9.17) is 9.26 Å². The van der Waals surface area contributed by atoms with Gasteiger partial charge in [-0.2, -0.15) is 0 Å². The minimum atomic E-state index is -0.176. The van der Waals surface area contributed by atoms with Gasteiger partial charge in [0.25, 0.3) is 5.91 Å². The van der Waals surface area contributed by atoms with E-state index < -0.39 is 0 Å². The van der Waals surface area contributed by atoms with Gasteiger partial charge in [-0.25, -0.2) is 0 Å². The Morgan fingerprint density at radius 2 is 1.77 bits per heavy atom. The molecule has 1 unspecified atom stereocenters. The third kappa shape index (κ3) is 4.06. The molecule has 1 amide bonds. The summed E-state index contributed by atoms with van der Waals surface area (Å²) < 4.78 is 11.1. The van der Waals surface area contributed by atoms with E-state index in [0.29, 0.717) is 17.9 Å². The number of para-hydroxylation sites is 1. The minimum absolute atomic E-state index is 0.141. The second kappa shape index (κ2) is 8.41. The number of amides is 1. The van der Waals surface area contributed by atoms with E-state index in [1.807, 2.05) is 51.1 Å². The highest BCUT2D eigenvalue weighted by Crippen LogP contribution is 2.24. The van der Waals surface area contributed by atoms with E-state index in [-0.39, 0.29) is 11.9 Å². The average Bonchev–Trinajstić information content (AvgIpc) is 3.09. The fourth-order valence-corrected chi connectivity index (χ4v) is 3.47. The number of nitrogens with one attached hydrogen (secondary N) is 1. The smallest absolute Gasteiger partial charge is 0.255 e. The number of nitrogens with zero attached hydrogens (tertiary/aromatic N) is 1. The van der Waals surface area contributed by atoms with Gasteiger partial charge in [-0.15, -0.1) is 0 Å². The van der Waals surface area contributed by atoms with Crippen LogP contribution in [-0.4, -0.2) is 11.1 Å². The van der Waals surface area contributed by atoms with Gasteiger partial charge in [0, 0.05) is 0 Å². The van der Waals surface area contributed by atoms with Crippen LogP contribution in [0, 0.1) is 13.8 Å². The predicted octanol–water partition coefficient (Wildman–Crippen LogP) is 5.51. The second-order valence-electron chi connectivity index (χ2n) is 7.39. The van der Waals surface area contributed by atoms with Gasteiger partial charge in [0.1, 0.15) is 18.1 Å². The van der Waals surface area contributed by atoms with Crippen molar-refractivity contribution < 1.29 is 14.1 Å².